The third-order valence-electron chi connectivity index (χ3n) is 3.09. The SMILES string of the molecule is Cn1nc(C2CCCNC2)c2ncnnc21. The van der Waals surface area contributed by atoms with Gasteiger partial charge in [-0.05, 0) is 19.4 Å². The van der Waals surface area contributed by atoms with Gasteiger partial charge in [-0.25, -0.2) is 9.67 Å². The molecule has 1 unspecified atom stereocenters. The second-order valence-corrected chi connectivity index (χ2v) is 4.18. The lowest BCUT2D eigenvalue weighted by Crippen LogP contribution is -2.28. The third-order valence-corrected chi connectivity index (χ3v) is 3.09. The van der Waals surface area contributed by atoms with Crippen molar-refractivity contribution in [2.75, 3.05) is 13.1 Å². The number of aryl methyl sites for hydroxylation is 1. The fraction of sp³-hybridized carbons (Fsp3) is 0.600. The number of nitrogens with zero attached hydrogens (tertiary/aromatic N) is 5. The van der Waals surface area contributed by atoms with E-state index in [2.05, 4.69) is 25.6 Å². The van der Waals surface area contributed by atoms with Gasteiger partial charge in [-0.2, -0.15) is 5.10 Å². The summed E-state index contributed by atoms with van der Waals surface area (Å²) in [6.07, 6.45) is 3.86. The van der Waals surface area contributed by atoms with Gasteiger partial charge in [0.1, 0.15) is 11.8 Å². The first-order chi connectivity index (χ1) is 7.86. The largest absolute Gasteiger partial charge is 0.316 e. The van der Waals surface area contributed by atoms with Crippen LogP contribution in [-0.4, -0.2) is 38.1 Å². The van der Waals surface area contributed by atoms with Gasteiger partial charge in [-0.3, -0.25) is 0 Å². The molecule has 0 aliphatic carbocycles. The van der Waals surface area contributed by atoms with Crippen molar-refractivity contribution >= 4 is 11.2 Å². The van der Waals surface area contributed by atoms with Crippen molar-refractivity contribution in [1.82, 2.24) is 30.3 Å². The lowest BCUT2D eigenvalue weighted by atomic mass is 9.96. The Labute approximate surface area is 93.1 Å². The van der Waals surface area contributed by atoms with Gasteiger partial charge in [-0.15, -0.1) is 10.2 Å². The predicted octanol–water partition coefficient (Wildman–Crippen LogP) is 0.225. The number of fused-ring (bicyclic) bond motifs is 1. The van der Waals surface area contributed by atoms with Crippen molar-refractivity contribution < 1.29 is 0 Å². The maximum atomic E-state index is 4.53. The van der Waals surface area contributed by atoms with Gasteiger partial charge in [0.25, 0.3) is 0 Å². The smallest absolute Gasteiger partial charge is 0.199 e. The minimum Gasteiger partial charge on any atom is -0.316 e. The number of aromatic nitrogens is 5. The van der Waals surface area contributed by atoms with E-state index < -0.39 is 0 Å². The van der Waals surface area contributed by atoms with Crippen LogP contribution in [-0.2, 0) is 7.05 Å². The average molecular weight is 218 g/mol. The van der Waals surface area contributed by atoms with E-state index in [1.807, 2.05) is 7.05 Å². The molecule has 16 heavy (non-hydrogen) atoms. The highest BCUT2D eigenvalue weighted by Crippen LogP contribution is 2.26. The first-order valence-corrected chi connectivity index (χ1v) is 5.57. The molecule has 1 aliphatic heterocycles. The Kier molecular flexibility index (Phi) is 2.28. The highest BCUT2D eigenvalue weighted by Gasteiger charge is 2.22. The van der Waals surface area contributed by atoms with Crippen LogP contribution in [0.3, 0.4) is 0 Å². The molecule has 84 valence electrons. The molecular weight excluding hydrogens is 204 g/mol. The maximum Gasteiger partial charge on any atom is 0.199 e. The first kappa shape index (κ1) is 9.65. The molecule has 6 nitrogen and oxygen atoms in total. The van der Waals surface area contributed by atoms with Crippen LogP contribution < -0.4 is 5.32 Å². The molecule has 0 amide bonds. The van der Waals surface area contributed by atoms with Gasteiger partial charge in [-0.1, -0.05) is 0 Å². The molecule has 1 atom stereocenters. The van der Waals surface area contributed by atoms with Crippen molar-refractivity contribution in [3.63, 3.8) is 0 Å². The molecule has 0 radical (unpaired) electrons. The Bertz CT molecular complexity index is 499. The molecule has 1 fully saturated rings. The third kappa shape index (κ3) is 1.46. The van der Waals surface area contributed by atoms with E-state index in [-0.39, 0.29) is 0 Å². The molecule has 1 saturated heterocycles. The molecule has 1 aliphatic rings. The number of hydrogen-bond donors (Lipinski definition) is 1. The van der Waals surface area contributed by atoms with Crippen LogP contribution in [0, 0.1) is 0 Å². The van der Waals surface area contributed by atoms with Crippen LogP contribution in [0.4, 0.5) is 0 Å². The summed E-state index contributed by atoms with van der Waals surface area (Å²) in [6, 6.07) is 0. The maximum absolute atomic E-state index is 4.53. The molecule has 3 rings (SSSR count). The fourth-order valence-electron chi connectivity index (χ4n) is 2.28. The fourth-order valence-corrected chi connectivity index (χ4v) is 2.28. The number of rotatable bonds is 1. The summed E-state index contributed by atoms with van der Waals surface area (Å²) >= 11 is 0. The lowest BCUT2D eigenvalue weighted by Gasteiger charge is -2.20. The van der Waals surface area contributed by atoms with Gasteiger partial charge in [0.15, 0.2) is 5.65 Å². The Morgan fingerprint density at radius 3 is 3.25 bits per heavy atom. The Morgan fingerprint density at radius 2 is 2.44 bits per heavy atom. The van der Waals surface area contributed by atoms with Gasteiger partial charge in [0, 0.05) is 19.5 Å². The lowest BCUT2D eigenvalue weighted by molar-refractivity contribution is 0.453. The molecule has 0 aromatic carbocycles. The molecule has 2 aromatic heterocycles. The minimum absolute atomic E-state index is 0.453. The van der Waals surface area contributed by atoms with Crippen LogP contribution in [0.2, 0.25) is 0 Å². The molecule has 0 spiro atoms. The van der Waals surface area contributed by atoms with E-state index in [4.69, 9.17) is 0 Å². The van der Waals surface area contributed by atoms with E-state index in [1.165, 1.54) is 19.2 Å². The quantitative estimate of drug-likeness (QED) is 0.741. The van der Waals surface area contributed by atoms with E-state index in [0.29, 0.717) is 5.92 Å². The average Bonchev–Trinajstić information content (AvgIpc) is 2.69. The summed E-state index contributed by atoms with van der Waals surface area (Å²) in [5.41, 5.74) is 2.72. The van der Waals surface area contributed by atoms with Crippen molar-refractivity contribution in [2.45, 2.75) is 18.8 Å². The van der Waals surface area contributed by atoms with E-state index in [0.717, 1.165) is 29.9 Å². The molecule has 2 aromatic rings. The highest BCUT2D eigenvalue weighted by molar-refractivity contribution is 5.73. The van der Waals surface area contributed by atoms with Crippen molar-refractivity contribution in [1.29, 1.82) is 0 Å². The van der Waals surface area contributed by atoms with Gasteiger partial charge in [0.05, 0.1) is 5.69 Å². The summed E-state index contributed by atoms with van der Waals surface area (Å²) in [4.78, 5) is 4.29. The van der Waals surface area contributed by atoms with E-state index >= 15 is 0 Å². The zero-order chi connectivity index (χ0) is 11.0. The summed E-state index contributed by atoms with van der Waals surface area (Å²) in [5, 5.41) is 15.8. The predicted molar refractivity (Wildman–Crippen MR) is 58.9 cm³/mol. The molecule has 3 heterocycles. The molecular formula is C10H14N6. The molecule has 1 N–H and O–H groups in total. The normalized spacial score (nSPS) is 21.4. The van der Waals surface area contributed by atoms with Crippen LogP contribution in [0.25, 0.3) is 11.2 Å². The summed E-state index contributed by atoms with van der Waals surface area (Å²) in [7, 11) is 1.89. The van der Waals surface area contributed by atoms with Crippen LogP contribution in [0.15, 0.2) is 6.33 Å². The summed E-state index contributed by atoms with van der Waals surface area (Å²) in [5.74, 6) is 0.453. The van der Waals surface area contributed by atoms with E-state index in [9.17, 15) is 0 Å². The Balaban J connectivity index is 2.08. The summed E-state index contributed by atoms with van der Waals surface area (Å²) in [6.45, 7) is 2.09. The van der Waals surface area contributed by atoms with Gasteiger partial charge < -0.3 is 5.32 Å². The van der Waals surface area contributed by atoms with E-state index in [1.54, 1.807) is 4.68 Å². The Hall–Kier alpha value is -1.56. The molecule has 0 saturated carbocycles. The van der Waals surface area contributed by atoms with Gasteiger partial charge in [0.2, 0.25) is 0 Å². The highest BCUT2D eigenvalue weighted by atomic mass is 15.3. The first-order valence-electron chi connectivity index (χ1n) is 5.57. The van der Waals surface area contributed by atoms with Crippen molar-refractivity contribution in [3.8, 4) is 0 Å². The van der Waals surface area contributed by atoms with Crippen molar-refractivity contribution in [3.05, 3.63) is 12.0 Å². The van der Waals surface area contributed by atoms with Crippen LogP contribution in [0.1, 0.15) is 24.5 Å². The number of piperidine rings is 1. The molecule has 6 heteroatoms. The van der Waals surface area contributed by atoms with Crippen LogP contribution >= 0.6 is 0 Å². The topological polar surface area (TPSA) is 68.5 Å². The second-order valence-electron chi connectivity index (χ2n) is 4.18. The zero-order valence-corrected chi connectivity index (χ0v) is 9.22. The zero-order valence-electron chi connectivity index (χ0n) is 9.22. The van der Waals surface area contributed by atoms with Crippen molar-refractivity contribution in [2.24, 2.45) is 7.05 Å². The number of nitrogens with one attached hydrogen (secondary N) is 1. The monoisotopic (exact) mass is 218 g/mol. The Morgan fingerprint density at radius 1 is 1.50 bits per heavy atom. The standard InChI is InChI=1S/C10H14N6/c1-16-10-9(12-6-13-14-10)8(15-16)7-3-2-4-11-5-7/h6-7,11H,2-5H2,1H3. The van der Waals surface area contributed by atoms with Gasteiger partial charge >= 0.3 is 0 Å². The number of hydrogen-bond acceptors (Lipinski definition) is 5. The second kappa shape index (κ2) is 3.79. The molecule has 0 bridgehead atoms. The summed E-state index contributed by atoms with van der Waals surface area (Å²) < 4.78 is 1.76. The van der Waals surface area contributed by atoms with Crippen LogP contribution in [0.5, 0.6) is 0 Å². The minimum atomic E-state index is 0.453.